The molecule has 0 aromatic rings. The van der Waals surface area contributed by atoms with E-state index in [1.165, 1.54) is 32.1 Å². The molecule has 2 fully saturated rings. The van der Waals surface area contributed by atoms with E-state index in [4.69, 9.17) is 18.9 Å². The lowest BCUT2D eigenvalue weighted by Gasteiger charge is -2.41. The molecule has 0 N–H and O–H groups in total. The van der Waals surface area contributed by atoms with Crippen LogP contribution in [0.5, 0.6) is 0 Å². The average molecular weight is 465 g/mol. The molecule has 0 amide bonds. The van der Waals surface area contributed by atoms with Crippen LogP contribution in [-0.2, 0) is 28.5 Å². The summed E-state index contributed by atoms with van der Waals surface area (Å²) in [5.41, 5.74) is 0.835. The van der Waals surface area contributed by atoms with Gasteiger partial charge in [-0.3, -0.25) is 0 Å². The Labute approximate surface area is 200 Å². The Balaban J connectivity index is 1.75. The van der Waals surface area contributed by atoms with Crippen LogP contribution in [0.1, 0.15) is 78.6 Å². The number of carbonyl (C=O) groups excluding carboxylic acids is 2. The summed E-state index contributed by atoms with van der Waals surface area (Å²) in [7, 11) is 0. The van der Waals surface area contributed by atoms with Gasteiger partial charge in [0.25, 0.3) is 0 Å². The van der Waals surface area contributed by atoms with Gasteiger partial charge in [0, 0.05) is 11.1 Å². The summed E-state index contributed by atoms with van der Waals surface area (Å²) in [4.78, 5) is 23.0. The summed E-state index contributed by atoms with van der Waals surface area (Å²) in [6.45, 7) is 14.3. The SMILES string of the molecule is C=C(C)C(=O)OCCOC1CCCC(C(CC)C2CCCC(OCCOC(=O)C(=C)C)C2)C1. The number of ether oxygens (including phenoxy) is 4. The number of carbonyl (C=O) groups is 2. The predicted molar refractivity (Wildman–Crippen MR) is 129 cm³/mol. The second kappa shape index (κ2) is 14.6. The Morgan fingerprint density at radius 3 is 1.55 bits per heavy atom. The highest BCUT2D eigenvalue weighted by molar-refractivity contribution is 5.87. The fourth-order valence-corrected chi connectivity index (χ4v) is 5.44. The van der Waals surface area contributed by atoms with Crippen LogP contribution >= 0.6 is 0 Å². The van der Waals surface area contributed by atoms with Crippen molar-refractivity contribution in [1.82, 2.24) is 0 Å². The lowest BCUT2D eigenvalue weighted by atomic mass is 9.67. The Hall–Kier alpha value is -1.66. The Morgan fingerprint density at radius 2 is 1.18 bits per heavy atom. The molecule has 4 atom stereocenters. The van der Waals surface area contributed by atoms with E-state index in [0.717, 1.165) is 25.7 Å². The quantitative estimate of drug-likeness (QED) is 0.206. The van der Waals surface area contributed by atoms with Crippen LogP contribution in [0.3, 0.4) is 0 Å². The lowest BCUT2D eigenvalue weighted by Crippen LogP contribution is -2.35. The van der Waals surface area contributed by atoms with E-state index >= 15 is 0 Å². The van der Waals surface area contributed by atoms with Crippen molar-refractivity contribution in [2.45, 2.75) is 90.8 Å². The summed E-state index contributed by atoms with van der Waals surface area (Å²) in [6, 6.07) is 0. The highest BCUT2D eigenvalue weighted by Gasteiger charge is 2.35. The number of rotatable bonds is 13. The zero-order chi connectivity index (χ0) is 24.2. The maximum absolute atomic E-state index is 11.5. The molecule has 2 aliphatic carbocycles. The zero-order valence-corrected chi connectivity index (χ0v) is 20.9. The van der Waals surface area contributed by atoms with Crippen molar-refractivity contribution >= 4 is 11.9 Å². The summed E-state index contributed by atoms with van der Waals surface area (Å²) >= 11 is 0. The average Bonchev–Trinajstić information content (AvgIpc) is 2.80. The van der Waals surface area contributed by atoms with Gasteiger partial charge in [0.1, 0.15) is 13.2 Å². The van der Waals surface area contributed by atoms with E-state index in [0.29, 0.717) is 42.1 Å². The molecule has 6 heteroatoms. The second-order valence-electron chi connectivity index (χ2n) is 9.74. The topological polar surface area (TPSA) is 71.1 Å². The molecule has 2 aliphatic rings. The second-order valence-corrected chi connectivity index (χ2v) is 9.74. The standard InChI is InChI=1S/C27H44O6/c1-6-25(21-9-7-11-23(17-21)30-13-15-32-26(28)19(2)3)22-10-8-12-24(18-22)31-14-16-33-27(29)20(4)5/h21-25H,2,4,6-18H2,1,3,5H3. The van der Waals surface area contributed by atoms with Crippen LogP contribution < -0.4 is 0 Å². The molecule has 4 unspecified atom stereocenters. The first-order chi connectivity index (χ1) is 15.8. The number of hydrogen-bond acceptors (Lipinski definition) is 6. The predicted octanol–water partition coefficient (Wildman–Crippen LogP) is 5.40. The number of esters is 2. The van der Waals surface area contributed by atoms with Crippen LogP contribution in [0.4, 0.5) is 0 Å². The first-order valence-electron chi connectivity index (χ1n) is 12.7. The molecular formula is C27H44O6. The molecule has 0 bridgehead atoms. The van der Waals surface area contributed by atoms with Gasteiger partial charge in [-0.1, -0.05) is 39.3 Å². The van der Waals surface area contributed by atoms with E-state index in [2.05, 4.69) is 20.1 Å². The molecule has 0 spiro atoms. The highest BCUT2D eigenvalue weighted by Crippen LogP contribution is 2.42. The van der Waals surface area contributed by atoms with Gasteiger partial charge in [-0.25, -0.2) is 9.59 Å². The van der Waals surface area contributed by atoms with Gasteiger partial charge in [0.15, 0.2) is 0 Å². The Bertz CT molecular complexity index is 603. The first kappa shape index (κ1) is 27.6. The van der Waals surface area contributed by atoms with Crippen molar-refractivity contribution in [3.05, 3.63) is 24.3 Å². The molecule has 2 rings (SSSR count). The third-order valence-electron chi connectivity index (χ3n) is 7.05. The summed E-state index contributed by atoms with van der Waals surface area (Å²) in [5, 5.41) is 0. The van der Waals surface area contributed by atoms with Crippen molar-refractivity contribution in [3.8, 4) is 0 Å². The van der Waals surface area contributed by atoms with Gasteiger partial charge in [-0.2, -0.15) is 0 Å². The van der Waals surface area contributed by atoms with E-state index < -0.39 is 0 Å². The zero-order valence-electron chi connectivity index (χ0n) is 20.9. The minimum Gasteiger partial charge on any atom is -0.460 e. The van der Waals surface area contributed by atoms with Gasteiger partial charge in [0.2, 0.25) is 0 Å². The van der Waals surface area contributed by atoms with Gasteiger partial charge >= 0.3 is 11.9 Å². The van der Waals surface area contributed by atoms with Gasteiger partial charge < -0.3 is 18.9 Å². The van der Waals surface area contributed by atoms with Crippen LogP contribution in [-0.4, -0.2) is 50.6 Å². The van der Waals surface area contributed by atoms with Gasteiger partial charge in [0.05, 0.1) is 25.4 Å². The molecule has 2 saturated carbocycles. The highest BCUT2D eigenvalue weighted by atomic mass is 16.6. The fraction of sp³-hybridized carbons (Fsp3) is 0.778. The van der Waals surface area contributed by atoms with Crippen molar-refractivity contribution in [3.63, 3.8) is 0 Å². The minimum atomic E-state index is -0.353. The monoisotopic (exact) mass is 464 g/mol. The summed E-state index contributed by atoms with van der Waals surface area (Å²) in [5.74, 6) is 1.33. The van der Waals surface area contributed by atoms with E-state index in [9.17, 15) is 9.59 Å². The molecule has 188 valence electrons. The van der Waals surface area contributed by atoms with Crippen LogP contribution in [0.15, 0.2) is 24.3 Å². The van der Waals surface area contributed by atoms with E-state index in [1.807, 2.05) is 0 Å². The summed E-state index contributed by atoms with van der Waals surface area (Å²) in [6.07, 6.45) is 10.9. The fourth-order valence-electron chi connectivity index (χ4n) is 5.44. The van der Waals surface area contributed by atoms with E-state index in [-0.39, 0.29) is 37.4 Å². The van der Waals surface area contributed by atoms with Crippen molar-refractivity contribution in [2.75, 3.05) is 26.4 Å². The maximum Gasteiger partial charge on any atom is 0.333 e. The largest absolute Gasteiger partial charge is 0.460 e. The molecule has 6 nitrogen and oxygen atoms in total. The van der Waals surface area contributed by atoms with Gasteiger partial charge in [-0.05, 0) is 70.1 Å². The minimum absolute atomic E-state index is 0.250. The first-order valence-corrected chi connectivity index (χ1v) is 12.7. The van der Waals surface area contributed by atoms with Crippen molar-refractivity contribution < 1.29 is 28.5 Å². The third kappa shape index (κ3) is 9.62. The van der Waals surface area contributed by atoms with Gasteiger partial charge in [-0.15, -0.1) is 0 Å². The maximum atomic E-state index is 11.5. The lowest BCUT2D eigenvalue weighted by molar-refractivity contribution is -0.142. The molecule has 0 aromatic carbocycles. The molecule has 0 saturated heterocycles. The summed E-state index contributed by atoms with van der Waals surface area (Å²) < 4.78 is 22.4. The smallest absolute Gasteiger partial charge is 0.333 e. The molecule has 0 aliphatic heterocycles. The van der Waals surface area contributed by atoms with Crippen molar-refractivity contribution in [2.24, 2.45) is 17.8 Å². The van der Waals surface area contributed by atoms with Crippen LogP contribution in [0.25, 0.3) is 0 Å². The molecule has 33 heavy (non-hydrogen) atoms. The Morgan fingerprint density at radius 1 is 0.758 bits per heavy atom. The molecular weight excluding hydrogens is 420 g/mol. The molecule has 0 aromatic heterocycles. The number of hydrogen-bond donors (Lipinski definition) is 0. The van der Waals surface area contributed by atoms with Crippen molar-refractivity contribution in [1.29, 1.82) is 0 Å². The molecule has 0 heterocycles. The third-order valence-corrected chi connectivity index (χ3v) is 7.05. The molecule has 0 radical (unpaired) electrons. The van der Waals surface area contributed by atoms with Crippen LogP contribution in [0.2, 0.25) is 0 Å². The Kier molecular flexibility index (Phi) is 12.2. The normalized spacial score (nSPS) is 26.3. The van der Waals surface area contributed by atoms with E-state index in [1.54, 1.807) is 13.8 Å². The van der Waals surface area contributed by atoms with Crippen LogP contribution in [0, 0.1) is 17.8 Å².